The summed E-state index contributed by atoms with van der Waals surface area (Å²) in [7, 11) is 3.30. The Morgan fingerprint density at radius 2 is 2.33 bits per heavy atom. The van der Waals surface area contributed by atoms with Crippen LogP contribution in [0.15, 0.2) is 18.2 Å². The number of benzene rings is 1. The van der Waals surface area contributed by atoms with Crippen molar-refractivity contribution >= 4 is 17.7 Å². The van der Waals surface area contributed by atoms with Gasteiger partial charge in [-0.25, -0.2) is 0 Å². The van der Waals surface area contributed by atoms with Crippen LogP contribution >= 0.6 is 11.8 Å². The quantitative estimate of drug-likeness (QED) is 0.909. The van der Waals surface area contributed by atoms with Crippen molar-refractivity contribution in [3.8, 4) is 11.5 Å². The van der Waals surface area contributed by atoms with E-state index in [1.54, 1.807) is 17.0 Å². The van der Waals surface area contributed by atoms with Gasteiger partial charge in [-0.05, 0) is 30.4 Å². The second-order valence-corrected chi connectivity index (χ2v) is 5.47. The van der Waals surface area contributed by atoms with Gasteiger partial charge in [-0.15, -0.1) is 0 Å². The van der Waals surface area contributed by atoms with E-state index in [9.17, 15) is 9.90 Å². The summed E-state index contributed by atoms with van der Waals surface area (Å²) >= 11 is 1.87. The molecule has 5 heteroatoms. The summed E-state index contributed by atoms with van der Waals surface area (Å²) < 4.78 is 4.96. The smallest absolute Gasteiger partial charge is 0.254 e. The molecule has 1 amide bonds. The number of nitrogens with zero attached hydrogens (tertiary/aromatic N) is 1. The predicted molar refractivity (Wildman–Crippen MR) is 72.5 cm³/mol. The highest BCUT2D eigenvalue weighted by atomic mass is 32.2. The molecule has 1 heterocycles. The van der Waals surface area contributed by atoms with Crippen LogP contribution in [0.1, 0.15) is 16.8 Å². The van der Waals surface area contributed by atoms with Crippen LogP contribution in [-0.4, -0.2) is 47.6 Å². The molecular weight excluding hydrogens is 250 g/mol. The minimum absolute atomic E-state index is 0.00227. The molecule has 18 heavy (non-hydrogen) atoms. The lowest BCUT2D eigenvalue weighted by atomic mass is 10.1. The van der Waals surface area contributed by atoms with Gasteiger partial charge in [0.25, 0.3) is 5.91 Å². The molecule has 2 rings (SSSR count). The Kier molecular flexibility index (Phi) is 4.01. The molecule has 4 nitrogen and oxygen atoms in total. The van der Waals surface area contributed by atoms with Crippen LogP contribution in [0, 0.1) is 0 Å². The Balaban J connectivity index is 2.15. The van der Waals surface area contributed by atoms with Crippen molar-refractivity contribution in [3.63, 3.8) is 0 Å². The molecule has 0 aliphatic carbocycles. The lowest BCUT2D eigenvalue weighted by molar-refractivity contribution is 0.0747. The van der Waals surface area contributed by atoms with Crippen molar-refractivity contribution in [2.75, 3.05) is 25.7 Å². The van der Waals surface area contributed by atoms with E-state index in [1.807, 2.05) is 18.8 Å². The van der Waals surface area contributed by atoms with Crippen LogP contribution < -0.4 is 4.74 Å². The monoisotopic (exact) mass is 267 g/mol. The third kappa shape index (κ3) is 2.56. The highest BCUT2D eigenvalue weighted by molar-refractivity contribution is 7.99. The normalized spacial score (nSPS) is 18.7. The number of carbonyl (C=O) groups excluding carboxylic acids is 1. The summed E-state index contributed by atoms with van der Waals surface area (Å²) in [6.45, 7) is 0. The zero-order valence-corrected chi connectivity index (χ0v) is 11.4. The van der Waals surface area contributed by atoms with Gasteiger partial charge in [-0.3, -0.25) is 4.79 Å². The van der Waals surface area contributed by atoms with E-state index in [4.69, 9.17) is 4.74 Å². The van der Waals surface area contributed by atoms with E-state index >= 15 is 0 Å². The Morgan fingerprint density at radius 1 is 1.56 bits per heavy atom. The van der Waals surface area contributed by atoms with Crippen molar-refractivity contribution < 1.29 is 14.6 Å². The van der Waals surface area contributed by atoms with Crippen molar-refractivity contribution in [3.05, 3.63) is 23.8 Å². The number of phenolic OH excluding ortho intramolecular Hbond substituents is 1. The number of ether oxygens (including phenoxy) is 1. The minimum atomic E-state index is -0.0551. The summed E-state index contributed by atoms with van der Waals surface area (Å²) in [6, 6.07) is 5.05. The molecule has 1 aliphatic rings. The van der Waals surface area contributed by atoms with E-state index in [0.29, 0.717) is 17.4 Å². The molecule has 1 aromatic rings. The molecule has 1 N–H and O–H groups in total. The van der Waals surface area contributed by atoms with Gasteiger partial charge in [0.05, 0.1) is 7.11 Å². The summed E-state index contributed by atoms with van der Waals surface area (Å²) in [6.07, 6.45) is 1.04. The van der Waals surface area contributed by atoms with Crippen LogP contribution in [0.5, 0.6) is 11.5 Å². The zero-order chi connectivity index (χ0) is 13.1. The molecule has 98 valence electrons. The number of hydrogen-bond acceptors (Lipinski definition) is 4. The minimum Gasteiger partial charge on any atom is -0.504 e. The molecule has 0 bridgehead atoms. The van der Waals surface area contributed by atoms with E-state index in [2.05, 4.69) is 0 Å². The Morgan fingerprint density at radius 3 is 2.89 bits per heavy atom. The molecule has 1 unspecified atom stereocenters. The molecule has 0 radical (unpaired) electrons. The lowest BCUT2D eigenvalue weighted by Gasteiger charge is -2.24. The van der Waals surface area contributed by atoms with Crippen molar-refractivity contribution in [1.29, 1.82) is 0 Å². The summed E-state index contributed by atoms with van der Waals surface area (Å²) in [4.78, 5) is 14.0. The number of aromatic hydroxyl groups is 1. The Bertz CT molecular complexity index is 444. The van der Waals surface area contributed by atoms with Gasteiger partial charge in [0.2, 0.25) is 0 Å². The summed E-state index contributed by atoms with van der Waals surface area (Å²) in [5.74, 6) is 2.42. The predicted octanol–water partition coefficient (Wildman–Crippen LogP) is 1.98. The van der Waals surface area contributed by atoms with Crippen LogP contribution in [0.2, 0.25) is 0 Å². The molecule has 1 saturated heterocycles. The third-order valence-corrected chi connectivity index (χ3v) is 4.34. The van der Waals surface area contributed by atoms with E-state index in [-0.39, 0.29) is 11.7 Å². The lowest BCUT2D eigenvalue weighted by Crippen LogP contribution is -2.36. The second-order valence-electron chi connectivity index (χ2n) is 4.32. The Labute approximate surface area is 111 Å². The van der Waals surface area contributed by atoms with Gasteiger partial charge < -0.3 is 14.7 Å². The molecule has 0 saturated carbocycles. The first-order valence-corrected chi connectivity index (χ1v) is 7.01. The molecule has 1 atom stereocenters. The van der Waals surface area contributed by atoms with E-state index < -0.39 is 0 Å². The van der Waals surface area contributed by atoms with Crippen molar-refractivity contribution in [2.45, 2.75) is 12.5 Å². The molecule has 1 fully saturated rings. The SMILES string of the molecule is COc1ccc(C(=O)N(C)C2CCSC2)cc1O. The number of amides is 1. The summed E-state index contributed by atoms with van der Waals surface area (Å²) in [5, 5.41) is 9.69. The van der Waals surface area contributed by atoms with Gasteiger partial charge in [0, 0.05) is 24.4 Å². The number of carbonyl (C=O) groups is 1. The van der Waals surface area contributed by atoms with Crippen molar-refractivity contribution in [1.82, 2.24) is 4.90 Å². The second kappa shape index (κ2) is 5.52. The number of rotatable bonds is 3. The van der Waals surface area contributed by atoms with Crippen LogP contribution in [0.25, 0.3) is 0 Å². The maximum Gasteiger partial charge on any atom is 0.254 e. The average Bonchev–Trinajstić information content (AvgIpc) is 2.90. The number of methoxy groups -OCH3 is 1. The van der Waals surface area contributed by atoms with Gasteiger partial charge in [-0.2, -0.15) is 11.8 Å². The molecular formula is C13H17NO3S. The number of phenols is 1. The van der Waals surface area contributed by atoms with E-state index in [0.717, 1.165) is 17.9 Å². The standard InChI is InChI=1S/C13H17NO3S/c1-14(10-5-6-18-8-10)13(16)9-3-4-12(17-2)11(15)7-9/h3-4,7,10,15H,5-6,8H2,1-2H3. The van der Waals surface area contributed by atoms with Crippen LogP contribution in [0.4, 0.5) is 0 Å². The van der Waals surface area contributed by atoms with Crippen LogP contribution in [0.3, 0.4) is 0 Å². The average molecular weight is 267 g/mol. The molecule has 0 aromatic heterocycles. The number of hydrogen-bond donors (Lipinski definition) is 1. The molecule has 1 aromatic carbocycles. The third-order valence-electron chi connectivity index (χ3n) is 3.20. The largest absolute Gasteiger partial charge is 0.504 e. The topological polar surface area (TPSA) is 49.8 Å². The van der Waals surface area contributed by atoms with Gasteiger partial charge in [-0.1, -0.05) is 0 Å². The zero-order valence-electron chi connectivity index (χ0n) is 10.5. The molecule has 0 spiro atoms. The highest BCUT2D eigenvalue weighted by Gasteiger charge is 2.25. The first-order valence-electron chi connectivity index (χ1n) is 5.85. The van der Waals surface area contributed by atoms with Crippen LogP contribution in [-0.2, 0) is 0 Å². The maximum atomic E-state index is 12.2. The highest BCUT2D eigenvalue weighted by Crippen LogP contribution is 2.28. The fraction of sp³-hybridized carbons (Fsp3) is 0.462. The summed E-state index contributed by atoms with van der Waals surface area (Å²) in [5.41, 5.74) is 0.493. The fourth-order valence-electron chi connectivity index (χ4n) is 2.02. The van der Waals surface area contributed by atoms with Gasteiger partial charge in [0.1, 0.15) is 0 Å². The maximum absolute atomic E-state index is 12.2. The molecule has 1 aliphatic heterocycles. The van der Waals surface area contributed by atoms with E-state index in [1.165, 1.54) is 13.2 Å². The first-order chi connectivity index (χ1) is 8.63. The number of thioether (sulfide) groups is 1. The van der Waals surface area contributed by atoms with Gasteiger partial charge >= 0.3 is 0 Å². The first kappa shape index (κ1) is 13.1. The fourth-order valence-corrected chi connectivity index (χ4v) is 3.29. The Hall–Kier alpha value is -1.36. The van der Waals surface area contributed by atoms with Gasteiger partial charge in [0.15, 0.2) is 11.5 Å². The van der Waals surface area contributed by atoms with Crippen molar-refractivity contribution in [2.24, 2.45) is 0 Å².